The number of aliphatic hydroxyl groups is 1. The molecule has 0 spiro atoms. The standard InChI is InChI=1S/C22H24N2O6S/c1-2-24-18(22(26)23-17(14-25)10-15-6-4-3-5-7-15)11-16-12-19-20(30-9-8-29-19)13-21(16)31(24,27)28/h3-7,11-13,17,25H,2,8-10,14H2,1H3,(H,23,26)/t17-/m0/s1. The van der Waals surface area contributed by atoms with Gasteiger partial charge in [-0.15, -0.1) is 0 Å². The van der Waals surface area contributed by atoms with Gasteiger partial charge in [0.15, 0.2) is 11.5 Å². The molecule has 0 saturated carbocycles. The molecule has 2 heterocycles. The molecule has 0 fully saturated rings. The van der Waals surface area contributed by atoms with Gasteiger partial charge in [0.1, 0.15) is 18.9 Å². The van der Waals surface area contributed by atoms with E-state index in [1.54, 1.807) is 13.0 Å². The molecule has 2 aromatic rings. The summed E-state index contributed by atoms with van der Waals surface area (Å²) in [5.41, 5.74) is 1.31. The van der Waals surface area contributed by atoms with Gasteiger partial charge in [-0.1, -0.05) is 30.3 Å². The summed E-state index contributed by atoms with van der Waals surface area (Å²) in [6, 6.07) is 11.9. The van der Waals surface area contributed by atoms with Crippen LogP contribution >= 0.6 is 0 Å². The zero-order valence-electron chi connectivity index (χ0n) is 17.1. The zero-order chi connectivity index (χ0) is 22.0. The Labute approximate surface area is 181 Å². The average molecular weight is 445 g/mol. The molecule has 2 aromatic carbocycles. The molecule has 1 atom stereocenters. The molecule has 2 N–H and O–H groups in total. The van der Waals surface area contributed by atoms with E-state index in [1.807, 2.05) is 30.3 Å². The van der Waals surface area contributed by atoms with Gasteiger partial charge in [0.05, 0.1) is 17.5 Å². The summed E-state index contributed by atoms with van der Waals surface area (Å²) in [4.78, 5) is 13.1. The molecule has 0 bridgehead atoms. The van der Waals surface area contributed by atoms with E-state index in [2.05, 4.69) is 5.32 Å². The number of nitrogens with one attached hydrogen (secondary N) is 1. The largest absolute Gasteiger partial charge is 0.486 e. The molecule has 0 radical (unpaired) electrons. The predicted molar refractivity (Wildman–Crippen MR) is 114 cm³/mol. The first-order valence-corrected chi connectivity index (χ1v) is 11.5. The molecule has 0 saturated heterocycles. The molecular weight excluding hydrogens is 420 g/mol. The maximum atomic E-state index is 13.2. The van der Waals surface area contributed by atoms with Crippen molar-refractivity contribution in [3.05, 3.63) is 59.3 Å². The highest BCUT2D eigenvalue weighted by atomic mass is 32.2. The van der Waals surface area contributed by atoms with Gasteiger partial charge < -0.3 is 19.9 Å². The minimum absolute atomic E-state index is 0.00168. The van der Waals surface area contributed by atoms with Gasteiger partial charge in [-0.25, -0.2) is 8.42 Å². The van der Waals surface area contributed by atoms with Gasteiger partial charge in [-0.3, -0.25) is 9.10 Å². The van der Waals surface area contributed by atoms with Crippen LogP contribution in [0.3, 0.4) is 0 Å². The minimum atomic E-state index is -3.96. The Morgan fingerprint density at radius 1 is 1.16 bits per heavy atom. The van der Waals surface area contributed by atoms with Crippen LogP contribution in [0.2, 0.25) is 0 Å². The van der Waals surface area contributed by atoms with Crippen LogP contribution in [0.15, 0.2) is 53.1 Å². The van der Waals surface area contributed by atoms with Gasteiger partial charge in [0.2, 0.25) is 0 Å². The number of benzene rings is 2. The monoisotopic (exact) mass is 444 g/mol. The molecule has 1 amide bonds. The normalized spacial score (nSPS) is 17.4. The van der Waals surface area contributed by atoms with Crippen molar-refractivity contribution < 1.29 is 27.8 Å². The molecule has 0 aliphatic carbocycles. The van der Waals surface area contributed by atoms with E-state index in [4.69, 9.17) is 9.47 Å². The van der Waals surface area contributed by atoms with Crippen LogP contribution in [-0.4, -0.2) is 56.1 Å². The number of rotatable bonds is 6. The lowest BCUT2D eigenvalue weighted by atomic mass is 10.1. The fraction of sp³-hybridized carbons (Fsp3) is 0.318. The number of sulfonamides is 1. The first-order valence-electron chi connectivity index (χ1n) is 10.1. The number of likely N-dealkylation sites (N-methyl/N-ethyl adjacent to an activating group) is 1. The number of carbonyl (C=O) groups is 1. The third-order valence-corrected chi connectivity index (χ3v) is 7.15. The topological polar surface area (TPSA) is 105 Å². The summed E-state index contributed by atoms with van der Waals surface area (Å²) in [6.07, 6.45) is 1.95. The summed E-state index contributed by atoms with van der Waals surface area (Å²) in [5, 5.41) is 12.5. The van der Waals surface area contributed by atoms with Crippen molar-refractivity contribution in [2.24, 2.45) is 0 Å². The summed E-state index contributed by atoms with van der Waals surface area (Å²) >= 11 is 0. The van der Waals surface area contributed by atoms with Crippen molar-refractivity contribution in [3.63, 3.8) is 0 Å². The average Bonchev–Trinajstić information content (AvgIpc) is 2.77. The third kappa shape index (κ3) is 4.11. The number of amides is 1. The van der Waals surface area contributed by atoms with Crippen molar-refractivity contribution in [3.8, 4) is 11.5 Å². The van der Waals surface area contributed by atoms with Gasteiger partial charge >= 0.3 is 0 Å². The lowest BCUT2D eigenvalue weighted by Crippen LogP contribution is -2.45. The van der Waals surface area contributed by atoms with Gasteiger partial charge in [0, 0.05) is 18.2 Å². The summed E-state index contributed by atoms with van der Waals surface area (Å²) < 4.78 is 38.6. The lowest BCUT2D eigenvalue weighted by molar-refractivity contribution is -0.119. The lowest BCUT2D eigenvalue weighted by Gasteiger charge is -2.31. The van der Waals surface area contributed by atoms with Crippen molar-refractivity contribution in [2.45, 2.75) is 24.3 Å². The van der Waals surface area contributed by atoms with Gasteiger partial charge in [-0.2, -0.15) is 0 Å². The van der Waals surface area contributed by atoms with E-state index in [0.717, 1.165) is 9.87 Å². The number of hydrogen-bond acceptors (Lipinski definition) is 6. The molecule has 2 aliphatic heterocycles. The van der Waals surface area contributed by atoms with E-state index >= 15 is 0 Å². The van der Waals surface area contributed by atoms with Crippen molar-refractivity contribution in [2.75, 3.05) is 26.4 Å². The van der Waals surface area contributed by atoms with Crippen LogP contribution in [0.1, 0.15) is 18.1 Å². The highest BCUT2D eigenvalue weighted by Gasteiger charge is 2.36. The molecule has 0 unspecified atom stereocenters. The van der Waals surface area contributed by atoms with E-state index in [0.29, 0.717) is 36.7 Å². The van der Waals surface area contributed by atoms with E-state index in [9.17, 15) is 18.3 Å². The Morgan fingerprint density at radius 2 is 1.84 bits per heavy atom. The Hall–Kier alpha value is -3.04. The summed E-state index contributed by atoms with van der Waals surface area (Å²) in [7, 11) is -3.96. The predicted octanol–water partition coefficient (Wildman–Crippen LogP) is 1.54. The van der Waals surface area contributed by atoms with Crippen LogP contribution in [0.4, 0.5) is 0 Å². The summed E-state index contributed by atoms with van der Waals surface area (Å²) in [5.74, 6) is 0.244. The Morgan fingerprint density at radius 3 is 2.48 bits per heavy atom. The first kappa shape index (κ1) is 21.2. The van der Waals surface area contributed by atoms with Crippen molar-refractivity contribution in [1.82, 2.24) is 9.62 Å². The maximum absolute atomic E-state index is 13.2. The number of carbonyl (C=O) groups excluding carboxylic acids is 1. The highest BCUT2D eigenvalue weighted by molar-refractivity contribution is 7.89. The van der Waals surface area contributed by atoms with Crippen LogP contribution in [0, 0.1) is 0 Å². The van der Waals surface area contributed by atoms with Gasteiger partial charge in [0.25, 0.3) is 15.9 Å². The van der Waals surface area contributed by atoms with Crippen molar-refractivity contribution >= 4 is 22.0 Å². The second-order valence-corrected chi connectivity index (χ2v) is 9.11. The second-order valence-electron chi connectivity index (χ2n) is 7.28. The quantitative estimate of drug-likeness (QED) is 0.700. The SMILES string of the molecule is CCN1C(C(=O)N[C@H](CO)Cc2ccccc2)=Cc2cc3c(cc2S1(=O)=O)OCCO3. The number of ether oxygens (including phenoxy) is 2. The molecule has 4 rings (SSSR count). The zero-order valence-corrected chi connectivity index (χ0v) is 17.9. The number of fused-ring (bicyclic) bond motifs is 2. The summed E-state index contributed by atoms with van der Waals surface area (Å²) in [6.45, 7) is 2.18. The van der Waals surface area contributed by atoms with E-state index in [-0.39, 0.29) is 23.7 Å². The molecular formula is C22H24N2O6S. The third-order valence-electron chi connectivity index (χ3n) is 5.20. The van der Waals surface area contributed by atoms with Crippen molar-refractivity contribution in [1.29, 1.82) is 0 Å². The Kier molecular flexibility index (Phi) is 5.88. The number of hydrogen-bond donors (Lipinski definition) is 2. The molecule has 164 valence electrons. The molecule has 31 heavy (non-hydrogen) atoms. The Bertz CT molecular complexity index is 1110. The second kappa shape index (κ2) is 8.60. The first-order chi connectivity index (χ1) is 14.9. The molecule has 2 aliphatic rings. The Balaban J connectivity index is 1.66. The number of nitrogens with zero attached hydrogens (tertiary/aromatic N) is 1. The van der Waals surface area contributed by atoms with Gasteiger partial charge in [-0.05, 0) is 31.1 Å². The highest BCUT2D eigenvalue weighted by Crippen LogP contribution is 2.40. The van der Waals surface area contributed by atoms with Crippen LogP contribution in [-0.2, 0) is 21.2 Å². The fourth-order valence-corrected chi connectivity index (χ4v) is 5.37. The van der Waals surface area contributed by atoms with E-state index in [1.165, 1.54) is 12.1 Å². The molecule has 9 heteroatoms. The molecule has 0 aromatic heterocycles. The van der Waals surface area contributed by atoms with E-state index < -0.39 is 22.0 Å². The fourth-order valence-electron chi connectivity index (χ4n) is 3.73. The van der Waals surface area contributed by atoms with Crippen LogP contribution in [0.5, 0.6) is 11.5 Å². The minimum Gasteiger partial charge on any atom is -0.486 e. The molecule has 8 nitrogen and oxygen atoms in total. The van der Waals surface area contributed by atoms with Crippen LogP contribution in [0.25, 0.3) is 6.08 Å². The number of aliphatic hydroxyl groups excluding tert-OH is 1. The smallest absolute Gasteiger partial charge is 0.268 e. The maximum Gasteiger partial charge on any atom is 0.268 e. The van der Waals surface area contributed by atoms with Crippen LogP contribution < -0.4 is 14.8 Å².